The second-order valence-corrected chi connectivity index (χ2v) is 6.71. The van der Waals surface area contributed by atoms with Crippen LogP contribution in [0.15, 0.2) is 42.5 Å². The zero-order chi connectivity index (χ0) is 18.7. The fourth-order valence-corrected chi connectivity index (χ4v) is 3.36. The summed E-state index contributed by atoms with van der Waals surface area (Å²) >= 11 is 0. The maximum atomic E-state index is 14.5. The molecular formula is C20H22F2N2O2. The minimum absolute atomic E-state index is 0.0226. The van der Waals surface area contributed by atoms with Crippen molar-refractivity contribution in [2.45, 2.75) is 25.4 Å². The molecule has 2 aromatic carbocycles. The predicted molar refractivity (Wildman–Crippen MR) is 95.9 cm³/mol. The van der Waals surface area contributed by atoms with Crippen LogP contribution in [-0.4, -0.2) is 47.2 Å². The van der Waals surface area contributed by atoms with E-state index < -0.39 is 6.09 Å². The molecule has 0 bridgehead atoms. The third kappa shape index (κ3) is 4.19. The highest BCUT2D eigenvalue weighted by atomic mass is 19.1. The summed E-state index contributed by atoms with van der Waals surface area (Å²) in [4.78, 5) is 14.5. The molecule has 0 aromatic heterocycles. The van der Waals surface area contributed by atoms with Gasteiger partial charge in [0, 0.05) is 38.3 Å². The Morgan fingerprint density at radius 2 is 1.73 bits per heavy atom. The normalized spacial score (nSPS) is 15.8. The molecular weight excluding hydrogens is 338 g/mol. The summed E-state index contributed by atoms with van der Waals surface area (Å²) in [6.45, 7) is 1.97. The lowest BCUT2D eigenvalue weighted by molar-refractivity contribution is 0.102. The molecule has 0 atom stereocenters. The van der Waals surface area contributed by atoms with E-state index in [1.807, 2.05) is 6.07 Å². The molecule has 2 aromatic rings. The topological polar surface area (TPSA) is 43.8 Å². The van der Waals surface area contributed by atoms with Crippen LogP contribution in [0.3, 0.4) is 0 Å². The number of likely N-dealkylation sites (tertiary alicyclic amines) is 1. The zero-order valence-corrected chi connectivity index (χ0v) is 14.7. The van der Waals surface area contributed by atoms with Crippen LogP contribution < -0.4 is 0 Å². The average molecular weight is 360 g/mol. The molecule has 1 N–H and O–H groups in total. The van der Waals surface area contributed by atoms with Gasteiger partial charge in [0.15, 0.2) is 0 Å². The minimum atomic E-state index is -0.911. The maximum Gasteiger partial charge on any atom is 0.407 e. The molecule has 0 saturated carbocycles. The lowest BCUT2D eigenvalue weighted by Crippen LogP contribution is -2.44. The van der Waals surface area contributed by atoms with Crippen LogP contribution in [-0.2, 0) is 6.54 Å². The van der Waals surface area contributed by atoms with E-state index in [1.165, 1.54) is 23.1 Å². The molecule has 0 radical (unpaired) electrons. The van der Waals surface area contributed by atoms with Gasteiger partial charge in [0.2, 0.25) is 0 Å². The largest absolute Gasteiger partial charge is 0.465 e. The van der Waals surface area contributed by atoms with E-state index in [4.69, 9.17) is 5.11 Å². The number of halogens is 2. The SMILES string of the molecule is CN(C(=O)O)C1CCN(Cc2ccc(-c3ccc(F)cc3)cc2F)CC1. The van der Waals surface area contributed by atoms with Crippen LogP contribution >= 0.6 is 0 Å². The molecule has 0 spiro atoms. The maximum absolute atomic E-state index is 14.5. The Bertz CT molecular complexity index is 772. The van der Waals surface area contributed by atoms with Gasteiger partial charge in [-0.1, -0.05) is 24.3 Å². The summed E-state index contributed by atoms with van der Waals surface area (Å²) in [7, 11) is 1.59. The first-order valence-corrected chi connectivity index (χ1v) is 8.66. The van der Waals surface area contributed by atoms with Gasteiger partial charge >= 0.3 is 6.09 Å². The highest BCUT2D eigenvalue weighted by molar-refractivity contribution is 5.65. The first-order valence-electron chi connectivity index (χ1n) is 8.66. The monoisotopic (exact) mass is 360 g/mol. The Labute approximate surface area is 151 Å². The van der Waals surface area contributed by atoms with E-state index in [9.17, 15) is 13.6 Å². The molecule has 3 rings (SSSR count). The van der Waals surface area contributed by atoms with Crippen molar-refractivity contribution in [1.29, 1.82) is 0 Å². The molecule has 1 aliphatic heterocycles. The number of amides is 1. The molecule has 0 aliphatic carbocycles. The number of hydrogen-bond donors (Lipinski definition) is 1. The molecule has 138 valence electrons. The van der Waals surface area contributed by atoms with E-state index in [-0.39, 0.29) is 17.7 Å². The fraction of sp³-hybridized carbons (Fsp3) is 0.350. The Morgan fingerprint density at radius 1 is 1.12 bits per heavy atom. The van der Waals surface area contributed by atoms with Crippen molar-refractivity contribution in [1.82, 2.24) is 9.80 Å². The smallest absolute Gasteiger partial charge is 0.407 e. The molecule has 1 amide bonds. The van der Waals surface area contributed by atoms with Crippen molar-refractivity contribution in [3.8, 4) is 11.1 Å². The zero-order valence-electron chi connectivity index (χ0n) is 14.7. The lowest BCUT2D eigenvalue weighted by atomic mass is 10.0. The van der Waals surface area contributed by atoms with Gasteiger partial charge in [-0.3, -0.25) is 4.90 Å². The van der Waals surface area contributed by atoms with Crippen LogP contribution in [0.1, 0.15) is 18.4 Å². The molecule has 26 heavy (non-hydrogen) atoms. The van der Waals surface area contributed by atoms with Gasteiger partial charge < -0.3 is 10.0 Å². The van der Waals surface area contributed by atoms with Crippen molar-refractivity contribution < 1.29 is 18.7 Å². The molecule has 1 saturated heterocycles. The first kappa shape index (κ1) is 18.3. The van der Waals surface area contributed by atoms with Gasteiger partial charge in [0.25, 0.3) is 0 Å². The second kappa shape index (κ2) is 7.83. The highest BCUT2D eigenvalue weighted by Gasteiger charge is 2.25. The predicted octanol–water partition coefficient (Wildman–Crippen LogP) is 4.21. The molecule has 1 aliphatic rings. The Balaban J connectivity index is 1.62. The standard InChI is InChI=1S/C20H22F2N2O2/c1-23(20(25)26)18-8-10-24(11-9-18)13-16-3-2-15(12-19(16)22)14-4-6-17(21)7-5-14/h2-7,12,18H,8-11,13H2,1H3,(H,25,26). The summed E-state index contributed by atoms with van der Waals surface area (Å²) in [5, 5.41) is 9.05. The van der Waals surface area contributed by atoms with Crippen molar-refractivity contribution in [2.75, 3.05) is 20.1 Å². The third-order valence-corrected chi connectivity index (χ3v) is 5.03. The van der Waals surface area contributed by atoms with Crippen LogP contribution in [0, 0.1) is 11.6 Å². The molecule has 6 heteroatoms. The van der Waals surface area contributed by atoms with Crippen LogP contribution in [0.5, 0.6) is 0 Å². The van der Waals surface area contributed by atoms with Crippen molar-refractivity contribution in [3.05, 3.63) is 59.7 Å². The van der Waals surface area contributed by atoms with Crippen LogP contribution in [0.2, 0.25) is 0 Å². The number of carbonyl (C=O) groups is 1. The summed E-state index contributed by atoms with van der Waals surface area (Å²) in [6, 6.07) is 11.1. The van der Waals surface area contributed by atoms with Crippen molar-refractivity contribution in [2.24, 2.45) is 0 Å². The van der Waals surface area contributed by atoms with E-state index in [1.54, 1.807) is 25.2 Å². The summed E-state index contributed by atoms with van der Waals surface area (Å²) < 4.78 is 27.5. The molecule has 0 unspecified atom stereocenters. The third-order valence-electron chi connectivity index (χ3n) is 5.03. The van der Waals surface area contributed by atoms with Gasteiger partial charge in [0.05, 0.1) is 0 Å². The average Bonchev–Trinajstić information content (AvgIpc) is 2.64. The van der Waals surface area contributed by atoms with Crippen LogP contribution in [0.25, 0.3) is 11.1 Å². The van der Waals surface area contributed by atoms with Crippen molar-refractivity contribution >= 4 is 6.09 Å². The van der Waals surface area contributed by atoms with Gasteiger partial charge in [0.1, 0.15) is 11.6 Å². The van der Waals surface area contributed by atoms with Gasteiger partial charge in [-0.05, 0) is 42.2 Å². The summed E-state index contributed by atoms with van der Waals surface area (Å²) in [6.07, 6.45) is 0.585. The number of hydrogen-bond acceptors (Lipinski definition) is 2. The number of benzene rings is 2. The highest BCUT2D eigenvalue weighted by Crippen LogP contribution is 2.24. The number of rotatable bonds is 4. The fourth-order valence-electron chi connectivity index (χ4n) is 3.36. The first-order chi connectivity index (χ1) is 12.4. The molecule has 1 heterocycles. The number of nitrogens with zero attached hydrogens (tertiary/aromatic N) is 2. The van der Waals surface area contributed by atoms with Crippen LogP contribution in [0.4, 0.5) is 13.6 Å². The van der Waals surface area contributed by atoms with Crippen molar-refractivity contribution in [3.63, 3.8) is 0 Å². The second-order valence-electron chi connectivity index (χ2n) is 6.71. The van der Waals surface area contributed by atoms with E-state index in [0.29, 0.717) is 17.7 Å². The van der Waals surface area contributed by atoms with Gasteiger partial charge in [-0.15, -0.1) is 0 Å². The quantitative estimate of drug-likeness (QED) is 0.888. The van der Waals surface area contributed by atoms with Gasteiger partial charge in [-0.25, -0.2) is 13.6 Å². The summed E-state index contributed by atoms with van der Waals surface area (Å²) in [5.41, 5.74) is 2.10. The van der Waals surface area contributed by atoms with E-state index in [2.05, 4.69) is 4.90 Å². The van der Waals surface area contributed by atoms with Gasteiger partial charge in [-0.2, -0.15) is 0 Å². The molecule has 1 fully saturated rings. The number of piperidine rings is 1. The number of carboxylic acid groups (broad SMARTS) is 1. The lowest BCUT2D eigenvalue weighted by Gasteiger charge is -2.35. The molecule has 4 nitrogen and oxygen atoms in total. The van der Waals surface area contributed by atoms with E-state index in [0.717, 1.165) is 31.5 Å². The van der Waals surface area contributed by atoms with E-state index >= 15 is 0 Å². The Kier molecular flexibility index (Phi) is 5.52. The Hall–Kier alpha value is -2.47. The summed E-state index contributed by atoms with van der Waals surface area (Å²) in [5.74, 6) is -0.598. The minimum Gasteiger partial charge on any atom is -0.465 e. The Morgan fingerprint density at radius 3 is 2.31 bits per heavy atom.